The van der Waals surface area contributed by atoms with Gasteiger partial charge in [0.15, 0.2) is 6.61 Å². The van der Waals surface area contributed by atoms with Crippen LogP contribution in [0, 0.1) is 13.8 Å². The first-order valence-electron chi connectivity index (χ1n) is 9.74. The number of carbonyl (C=O) groups is 2. The number of nitrogens with zero attached hydrogens (tertiary/aromatic N) is 1. The van der Waals surface area contributed by atoms with Crippen molar-refractivity contribution in [1.29, 1.82) is 0 Å². The van der Waals surface area contributed by atoms with E-state index in [1.165, 1.54) is 0 Å². The maximum Gasteiger partial charge on any atom is 0.261 e. The van der Waals surface area contributed by atoms with Crippen LogP contribution < -0.4 is 10.1 Å². The minimum absolute atomic E-state index is 0.0944. The number of aryl methyl sites for hydroxylation is 1. The number of nitrogens with one attached hydrogen (secondary N) is 1. The molecule has 0 heterocycles. The highest BCUT2D eigenvalue weighted by molar-refractivity contribution is 5.87. The molecule has 0 fully saturated rings. The molecule has 0 spiro atoms. The monoisotopic (exact) mass is 382 g/mol. The van der Waals surface area contributed by atoms with Crippen molar-refractivity contribution in [2.75, 3.05) is 19.7 Å². The molecule has 0 bridgehead atoms. The Labute approximate surface area is 167 Å². The summed E-state index contributed by atoms with van der Waals surface area (Å²) in [4.78, 5) is 26.8. The molecule has 0 saturated heterocycles. The van der Waals surface area contributed by atoms with E-state index >= 15 is 0 Å². The molecule has 2 aromatic rings. The highest BCUT2D eigenvalue weighted by Crippen LogP contribution is 2.20. The summed E-state index contributed by atoms with van der Waals surface area (Å²) < 4.78 is 5.78. The molecule has 2 amide bonds. The minimum Gasteiger partial charge on any atom is -0.483 e. The molecule has 1 atom stereocenters. The fourth-order valence-electron chi connectivity index (χ4n) is 2.99. The van der Waals surface area contributed by atoms with Gasteiger partial charge in [-0.3, -0.25) is 9.59 Å². The van der Waals surface area contributed by atoms with Crippen LogP contribution in [-0.2, 0) is 16.0 Å². The molecular formula is C23H30N2O3. The molecule has 5 nitrogen and oxygen atoms in total. The number of benzene rings is 2. The fraction of sp³-hybridized carbons (Fsp3) is 0.391. The van der Waals surface area contributed by atoms with Crippen LogP contribution in [0.25, 0.3) is 0 Å². The van der Waals surface area contributed by atoms with E-state index in [4.69, 9.17) is 4.74 Å². The lowest BCUT2D eigenvalue weighted by molar-refractivity contribution is -0.141. The molecule has 150 valence electrons. The van der Waals surface area contributed by atoms with Gasteiger partial charge in [-0.25, -0.2) is 0 Å². The number of amides is 2. The first-order chi connectivity index (χ1) is 13.4. The number of hydrogen-bond donors (Lipinski definition) is 1. The van der Waals surface area contributed by atoms with Crippen molar-refractivity contribution < 1.29 is 14.3 Å². The second-order valence-corrected chi connectivity index (χ2v) is 6.88. The van der Waals surface area contributed by atoms with Crippen molar-refractivity contribution in [3.63, 3.8) is 0 Å². The summed E-state index contributed by atoms with van der Waals surface area (Å²) in [6, 6.07) is 15.2. The predicted octanol–water partition coefficient (Wildman–Crippen LogP) is 3.28. The van der Waals surface area contributed by atoms with Gasteiger partial charge in [0.25, 0.3) is 5.91 Å². The van der Waals surface area contributed by atoms with E-state index in [9.17, 15) is 9.59 Å². The normalized spacial score (nSPS) is 11.6. The maximum atomic E-state index is 12.9. The van der Waals surface area contributed by atoms with Crippen molar-refractivity contribution in [3.8, 4) is 5.75 Å². The zero-order valence-electron chi connectivity index (χ0n) is 17.2. The molecular weight excluding hydrogens is 352 g/mol. The molecule has 0 radical (unpaired) electrons. The largest absolute Gasteiger partial charge is 0.483 e. The summed E-state index contributed by atoms with van der Waals surface area (Å²) in [5, 5.41) is 2.80. The van der Waals surface area contributed by atoms with E-state index in [1.54, 1.807) is 11.8 Å². The average molecular weight is 383 g/mol. The number of ether oxygens (including phenoxy) is 1. The van der Waals surface area contributed by atoms with Gasteiger partial charge in [0.05, 0.1) is 0 Å². The molecule has 0 aliphatic rings. The Morgan fingerprint density at radius 2 is 1.79 bits per heavy atom. The van der Waals surface area contributed by atoms with Crippen LogP contribution in [0.3, 0.4) is 0 Å². The Bertz CT molecular complexity index is 790. The Balaban J connectivity index is 2.08. The van der Waals surface area contributed by atoms with Crippen molar-refractivity contribution in [3.05, 3.63) is 65.2 Å². The third-order valence-corrected chi connectivity index (χ3v) is 4.91. The number of carbonyl (C=O) groups excluding carboxylic acids is 2. The van der Waals surface area contributed by atoms with Crippen LogP contribution in [0.4, 0.5) is 0 Å². The quantitative estimate of drug-likeness (QED) is 0.724. The van der Waals surface area contributed by atoms with Gasteiger partial charge in [0.1, 0.15) is 11.8 Å². The van der Waals surface area contributed by atoms with E-state index in [0.29, 0.717) is 25.3 Å². The zero-order valence-corrected chi connectivity index (χ0v) is 17.2. The molecule has 2 aromatic carbocycles. The summed E-state index contributed by atoms with van der Waals surface area (Å²) in [6.07, 6.45) is 0.680. The average Bonchev–Trinajstić information content (AvgIpc) is 2.70. The van der Waals surface area contributed by atoms with Gasteiger partial charge in [-0.05, 0) is 56.9 Å². The number of rotatable bonds is 9. The van der Waals surface area contributed by atoms with E-state index in [1.807, 2.05) is 69.3 Å². The standard InChI is InChI=1S/C23H30N2O3/c1-5-24-23(27)19(4)25(15-14-20-11-7-6-8-12-20)22(26)16-28-21-13-9-10-17(2)18(21)3/h6-13,19H,5,14-16H2,1-4H3,(H,24,27). The molecule has 28 heavy (non-hydrogen) atoms. The summed E-state index contributed by atoms with van der Waals surface area (Å²) in [7, 11) is 0. The van der Waals surface area contributed by atoms with Crippen LogP contribution in [-0.4, -0.2) is 42.5 Å². The van der Waals surface area contributed by atoms with Crippen LogP contribution in [0.1, 0.15) is 30.5 Å². The van der Waals surface area contributed by atoms with Crippen molar-refractivity contribution in [2.45, 2.75) is 40.2 Å². The molecule has 1 unspecified atom stereocenters. The van der Waals surface area contributed by atoms with Crippen LogP contribution in [0.2, 0.25) is 0 Å². The second kappa shape index (κ2) is 10.5. The van der Waals surface area contributed by atoms with Gasteiger partial charge < -0.3 is 15.0 Å². The lowest BCUT2D eigenvalue weighted by Crippen LogP contribution is -2.50. The Hall–Kier alpha value is -2.82. The van der Waals surface area contributed by atoms with Crippen LogP contribution >= 0.6 is 0 Å². The van der Waals surface area contributed by atoms with Crippen LogP contribution in [0.15, 0.2) is 48.5 Å². The van der Waals surface area contributed by atoms with E-state index in [2.05, 4.69) is 5.32 Å². The Morgan fingerprint density at radius 1 is 1.07 bits per heavy atom. The minimum atomic E-state index is -0.557. The number of likely N-dealkylation sites (N-methyl/N-ethyl adjacent to an activating group) is 1. The van der Waals surface area contributed by atoms with E-state index in [-0.39, 0.29) is 18.4 Å². The third-order valence-electron chi connectivity index (χ3n) is 4.91. The molecule has 0 saturated carbocycles. The summed E-state index contributed by atoms with van der Waals surface area (Å²) in [6.45, 7) is 8.49. The van der Waals surface area contributed by atoms with Crippen molar-refractivity contribution in [2.24, 2.45) is 0 Å². The highest BCUT2D eigenvalue weighted by Gasteiger charge is 2.25. The Morgan fingerprint density at radius 3 is 2.46 bits per heavy atom. The van der Waals surface area contributed by atoms with Gasteiger partial charge in [-0.2, -0.15) is 0 Å². The maximum absolute atomic E-state index is 12.9. The lowest BCUT2D eigenvalue weighted by Gasteiger charge is -2.28. The van der Waals surface area contributed by atoms with Gasteiger partial charge in [0.2, 0.25) is 5.91 Å². The SMILES string of the molecule is CCNC(=O)C(C)N(CCc1ccccc1)C(=O)COc1cccc(C)c1C. The van der Waals surface area contributed by atoms with Gasteiger partial charge in [0, 0.05) is 13.1 Å². The van der Waals surface area contributed by atoms with E-state index in [0.717, 1.165) is 16.7 Å². The summed E-state index contributed by atoms with van der Waals surface area (Å²) in [5.74, 6) is 0.341. The van der Waals surface area contributed by atoms with Gasteiger partial charge in [-0.15, -0.1) is 0 Å². The molecule has 0 aliphatic carbocycles. The lowest BCUT2D eigenvalue weighted by atomic mass is 10.1. The van der Waals surface area contributed by atoms with Crippen molar-refractivity contribution >= 4 is 11.8 Å². The molecule has 1 N–H and O–H groups in total. The topological polar surface area (TPSA) is 58.6 Å². The van der Waals surface area contributed by atoms with Crippen molar-refractivity contribution in [1.82, 2.24) is 10.2 Å². The molecule has 2 rings (SSSR count). The first kappa shape index (κ1) is 21.5. The van der Waals surface area contributed by atoms with E-state index < -0.39 is 6.04 Å². The molecule has 0 aromatic heterocycles. The Kier molecular flexibility index (Phi) is 8.05. The fourth-order valence-corrected chi connectivity index (χ4v) is 2.99. The molecule has 0 aliphatic heterocycles. The second-order valence-electron chi connectivity index (χ2n) is 6.88. The third kappa shape index (κ3) is 5.84. The summed E-state index contributed by atoms with van der Waals surface area (Å²) in [5.41, 5.74) is 3.25. The summed E-state index contributed by atoms with van der Waals surface area (Å²) >= 11 is 0. The van der Waals surface area contributed by atoms with Crippen LogP contribution in [0.5, 0.6) is 5.75 Å². The predicted molar refractivity (Wildman–Crippen MR) is 111 cm³/mol. The smallest absolute Gasteiger partial charge is 0.261 e. The zero-order chi connectivity index (χ0) is 20.5. The highest BCUT2D eigenvalue weighted by atomic mass is 16.5. The first-order valence-corrected chi connectivity index (χ1v) is 9.74. The van der Waals surface area contributed by atoms with Gasteiger partial charge >= 0.3 is 0 Å². The molecule has 5 heteroatoms. The number of hydrogen-bond acceptors (Lipinski definition) is 3. The van der Waals surface area contributed by atoms with Gasteiger partial charge in [-0.1, -0.05) is 42.5 Å².